The van der Waals surface area contributed by atoms with Gasteiger partial charge in [0.2, 0.25) is 0 Å². The average molecular weight is 331 g/mol. The molecule has 1 aromatic rings. The van der Waals surface area contributed by atoms with E-state index < -0.39 is 10.5 Å². The number of esters is 1. The molecule has 1 heterocycles. The second-order valence-corrected chi connectivity index (χ2v) is 7.15. The van der Waals surface area contributed by atoms with Crippen LogP contribution in [0.4, 0.5) is 0 Å². The van der Waals surface area contributed by atoms with Crippen molar-refractivity contribution < 1.29 is 14.6 Å². The van der Waals surface area contributed by atoms with Crippen molar-refractivity contribution in [2.75, 3.05) is 7.11 Å². The third-order valence-electron chi connectivity index (χ3n) is 3.37. The fourth-order valence-electron chi connectivity index (χ4n) is 2.21. The molecule has 1 aliphatic heterocycles. The van der Waals surface area contributed by atoms with E-state index in [0.717, 1.165) is 26.8 Å². The molecule has 122 valence electrons. The van der Waals surface area contributed by atoms with Crippen LogP contribution in [0.15, 0.2) is 52.0 Å². The lowest BCUT2D eigenvalue weighted by Crippen LogP contribution is -2.06. The maximum atomic E-state index is 11.7. The van der Waals surface area contributed by atoms with E-state index in [4.69, 9.17) is 4.74 Å². The molecule has 0 fully saturated rings. The Labute approximate surface area is 139 Å². The number of carbonyl (C=O) groups is 1. The number of aliphatic hydroxyl groups excluding tert-OH is 1. The van der Waals surface area contributed by atoms with Gasteiger partial charge in [0.25, 0.3) is 0 Å². The number of nitrogens with zero attached hydrogens (tertiary/aromatic N) is 1. The molecule has 23 heavy (non-hydrogen) atoms. The van der Waals surface area contributed by atoms with Gasteiger partial charge >= 0.3 is 5.97 Å². The Morgan fingerprint density at radius 2 is 2.00 bits per heavy atom. The van der Waals surface area contributed by atoms with E-state index in [1.807, 2.05) is 56.3 Å². The van der Waals surface area contributed by atoms with Crippen LogP contribution >= 0.6 is 10.5 Å². The summed E-state index contributed by atoms with van der Waals surface area (Å²) in [7, 11) is 0.721. The summed E-state index contributed by atoms with van der Waals surface area (Å²) in [6.45, 7) is 4.06. The molecular formula is C18H21NO3S. The predicted molar refractivity (Wildman–Crippen MR) is 97.7 cm³/mol. The summed E-state index contributed by atoms with van der Waals surface area (Å²) < 4.78 is 4.77. The molecule has 1 aromatic carbocycles. The van der Waals surface area contributed by atoms with Crippen molar-refractivity contribution in [3.63, 3.8) is 0 Å². The number of hydrogen-bond donors (Lipinski definition) is 1. The van der Waals surface area contributed by atoms with Gasteiger partial charge in [-0.1, -0.05) is 60.7 Å². The van der Waals surface area contributed by atoms with E-state index in [1.165, 1.54) is 7.11 Å². The summed E-state index contributed by atoms with van der Waals surface area (Å²) in [5, 5.41) is 10.5. The van der Waals surface area contributed by atoms with Crippen LogP contribution in [0.1, 0.15) is 25.8 Å². The van der Waals surface area contributed by atoms with E-state index in [-0.39, 0.29) is 18.3 Å². The third-order valence-corrected chi connectivity index (χ3v) is 5.48. The SMILES string of the molecule is COC(=O)CC1=C(C=Cc2ccccc2)N=C(C(C)C)S1=CO. The first-order valence-corrected chi connectivity index (χ1v) is 8.68. The topological polar surface area (TPSA) is 58.9 Å². The number of carbonyl (C=O) groups excluding carboxylic acids is 1. The van der Waals surface area contributed by atoms with Gasteiger partial charge in [0.05, 0.1) is 29.8 Å². The molecule has 0 bridgehead atoms. The monoisotopic (exact) mass is 331 g/mol. The molecule has 1 aliphatic rings. The van der Waals surface area contributed by atoms with Crippen LogP contribution in [-0.4, -0.2) is 28.8 Å². The Bertz CT molecular complexity index is 700. The molecular weight excluding hydrogens is 310 g/mol. The first kappa shape index (κ1) is 17.4. The van der Waals surface area contributed by atoms with Gasteiger partial charge in [0, 0.05) is 10.8 Å². The predicted octanol–water partition coefficient (Wildman–Crippen LogP) is 4.13. The molecule has 0 aliphatic carbocycles. The van der Waals surface area contributed by atoms with Crippen molar-refractivity contribution in [1.29, 1.82) is 0 Å². The molecule has 0 saturated heterocycles. The lowest BCUT2D eigenvalue weighted by molar-refractivity contribution is -0.139. The van der Waals surface area contributed by atoms with Crippen molar-refractivity contribution in [2.45, 2.75) is 20.3 Å². The molecule has 0 amide bonds. The van der Waals surface area contributed by atoms with Gasteiger partial charge in [0.15, 0.2) is 0 Å². The minimum atomic E-state index is -0.642. The van der Waals surface area contributed by atoms with Crippen molar-refractivity contribution in [3.05, 3.63) is 52.6 Å². The van der Waals surface area contributed by atoms with Crippen molar-refractivity contribution in [3.8, 4) is 0 Å². The Morgan fingerprint density at radius 1 is 1.30 bits per heavy atom. The summed E-state index contributed by atoms with van der Waals surface area (Å²) >= 11 is 0. The minimum absolute atomic E-state index is 0.130. The Kier molecular flexibility index (Phi) is 6.07. The first-order valence-electron chi connectivity index (χ1n) is 7.39. The zero-order chi connectivity index (χ0) is 16.8. The molecule has 4 nitrogen and oxygen atoms in total. The van der Waals surface area contributed by atoms with E-state index in [1.54, 1.807) is 0 Å². The fourth-order valence-corrected chi connectivity index (χ4v) is 4.02. The van der Waals surface area contributed by atoms with Gasteiger partial charge in [-0.05, 0) is 11.6 Å². The Morgan fingerprint density at radius 3 is 2.57 bits per heavy atom. The van der Waals surface area contributed by atoms with Crippen LogP contribution < -0.4 is 0 Å². The highest BCUT2D eigenvalue weighted by molar-refractivity contribution is 8.31. The number of hydrogen-bond acceptors (Lipinski definition) is 3. The number of aliphatic hydroxyl groups is 1. The minimum Gasteiger partial charge on any atom is -0.469 e. The van der Waals surface area contributed by atoms with Gasteiger partial charge in [-0.3, -0.25) is 4.79 Å². The molecule has 2 rings (SSSR count). The highest BCUT2D eigenvalue weighted by atomic mass is 32.2. The first-order chi connectivity index (χ1) is 11.1. The summed E-state index contributed by atoms with van der Waals surface area (Å²) in [6.07, 6.45) is 3.98. The van der Waals surface area contributed by atoms with Crippen LogP contribution in [-0.2, 0) is 9.53 Å². The van der Waals surface area contributed by atoms with Gasteiger partial charge in [-0.15, -0.1) is 0 Å². The number of methoxy groups -OCH3 is 1. The van der Waals surface area contributed by atoms with Crippen LogP contribution in [0.2, 0.25) is 0 Å². The van der Waals surface area contributed by atoms with Gasteiger partial charge in [-0.25, -0.2) is 4.99 Å². The van der Waals surface area contributed by atoms with Gasteiger partial charge in [-0.2, -0.15) is 0 Å². The third kappa shape index (κ3) is 4.27. The normalized spacial score (nSPS) is 18.1. The molecule has 0 aromatic heterocycles. The average Bonchev–Trinajstić information content (AvgIpc) is 2.91. The maximum absolute atomic E-state index is 11.7. The van der Waals surface area contributed by atoms with Crippen molar-refractivity contribution in [1.82, 2.24) is 0 Å². The quantitative estimate of drug-likeness (QED) is 0.652. The lowest BCUT2D eigenvalue weighted by atomic mass is 10.2. The Hall–Kier alpha value is -1.98. The molecule has 1 unspecified atom stereocenters. The van der Waals surface area contributed by atoms with Crippen molar-refractivity contribution >= 4 is 33.1 Å². The fraction of sp³-hybridized carbons (Fsp3) is 0.278. The van der Waals surface area contributed by atoms with Gasteiger partial charge in [0.1, 0.15) is 0 Å². The van der Waals surface area contributed by atoms with Crippen LogP contribution in [0, 0.1) is 5.92 Å². The number of allylic oxidation sites excluding steroid dienone is 1. The van der Waals surface area contributed by atoms with Crippen LogP contribution in [0.5, 0.6) is 0 Å². The number of ether oxygens (including phenoxy) is 1. The summed E-state index contributed by atoms with van der Waals surface area (Å²) in [6, 6.07) is 9.88. The summed E-state index contributed by atoms with van der Waals surface area (Å²) in [5.41, 5.74) is 2.93. The highest BCUT2D eigenvalue weighted by Gasteiger charge is 2.25. The molecule has 0 saturated carbocycles. The van der Waals surface area contributed by atoms with E-state index in [2.05, 4.69) is 4.99 Å². The lowest BCUT2D eigenvalue weighted by Gasteiger charge is -2.10. The molecule has 0 spiro atoms. The maximum Gasteiger partial charge on any atom is 0.310 e. The van der Waals surface area contributed by atoms with Crippen LogP contribution in [0.3, 0.4) is 0 Å². The largest absolute Gasteiger partial charge is 0.469 e. The van der Waals surface area contributed by atoms with E-state index in [9.17, 15) is 9.90 Å². The molecule has 1 atom stereocenters. The zero-order valence-corrected chi connectivity index (χ0v) is 14.3. The van der Waals surface area contributed by atoms with Crippen molar-refractivity contribution in [2.24, 2.45) is 10.9 Å². The summed E-state index contributed by atoms with van der Waals surface area (Å²) in [4.78, 5) is 17.2. The molecule has 5 heteroatoms. The number of benzene rings is 1. The van der Waals surface area contributed by atoms with E-state index >= 15 is 0 Å². The second-order valence-electron chi connectivity index (χ2n) is 5.35. The van der Waals surface area contributed by atoms with Gasteiger partial charge < -0.3 is 9.84 Å². The summed E-state index contributed by atoms with van der Waals surface area (Å²) in [5.74, 6) is -0.137. The second kappa shape index (κ2) is 8.04. The number of aliphatic imine (C=N–C) groups is 1. The van der Waals surface area contributed by atoms with Crippen LogP contribution in [0.25, 0.3) is 6.08 Å². The van der Waals surface area contributed by atoms with E-state index in [0.29, 0.717) is 0 Å². The standard InChI is InChI=1S/C18H21NO3S/c1-13(2)18-19-15(10-9-14-7-5-4-6-8-14)16(23(18)12-20)11-17(21)22-3/h4-10,12-13,20H,11H2,1-3H3. The zero-order valence-electron chi connectivity index (χ0n) is 13.5. The molecule has 0 radical (unpaired) electrons. The Balaban J connectivity index is 2.40. The highest BCUT2D eigenvalue weighted by Crippen LogP contribution is 2.41. The smallest absolute Gasteiger partial charge is 0.310 e. The number of rotatable bonds is 5. The molecule has 1 N–H and O–H groups in total.